The molecule has 2 N–H and O–H groups in total. The van der Waals surface area contributed by atoms with E-state index in [1.54, 1.807) is 0 Å². The number of carboxylic acid groups (broad SMARTS) is 1. The highest BCUT2D eigenvalue weighted by atomic mass is 16.5. The zero-order chi connectivity index (χ0) is 8.27. The lowest BCUT2D eigenvalue weighted by molar-refractivity contribution is -0.139. The normalized spacial score (nSPS) is 30.6. The zero-order valence-corrected chi connectivity index (χ0v) is 6.54. The average molecular weight is 159 g/mol. The number of hydrogen-bond acceptors (Lipinski definition) is 3. The predicted molar refractivity (Wildman–Crippen MR) is 39.2 cm³/mol. The van der Waals surface area contributed by atoms with Crippen molar-refractivity contribution in [1.29, 1.82) is 0 Å². The second-order valence-electron chi connectivity index (χ2n) is 2.58. The third-order valence-corrected chi connectivity index (χ3v) is 1.77. The Morgan fingerprint density at radius 2 is 2.45 bits per heavy atom. The maximum atomic E-state index is 10.4. The summed E-state index contributed by atoms with van der Waals surface area (Å²) in [6.07, 6.45) is 1.41. The molecule has 0 aromatic rings. The lowest BCUT2D eigenvalue weighted by Gasteiger charge is -2.10. The lowest BCUT2D eigenvalue weighted by Crippen LogP contribution is -2.36. The number of carbonyl (C=O) groups is 1. The van der Waals surface area contributed by atoms with Gasteiger partial charge in [-0.1, -0.05) is 0 Å². The van der Waals surface area contributed by atoms with Crippen LogP contribution in [0.3, 0.4) is 0 Å². The van der Waals surface area contributed by atoms with Crippen molar-refractivity contribution in [3.8, 4) is 0 Å². The summed E-state index contributed by atoms with van der Waals surface area (Å²) < 4.78 is 5.21. The summed E-state index contributed by atoms with van der Waals surface area (Å²) in [6.45, 7) is 2.53. The molecule has 0 amide bonds. The van der Waals surface area contributed by atoms with Crippen LogP contribution in [0.1, 0.15) is 19.8 Å². The summed E-state index contributed by atoms with van der Waals surface area (Å²) in [6, 6.07) is -0.411. The van der Waals surface area contributed by atoms with Gasteiger partial charge in [-0.05, 0) is 19.8 Å². The van der Waals surface area contributed by atoms with Gasteiger partial charge in [-0.2, -0.15) is 0 Å². The fourth-order valence-electron chi connectivity index (χ4n) is 1.24. The molecule has 1 aliphatic heterocycles. The number of aliphatic carboxylic acids is 1. The third-order valence-electron chi connectivity index (χ3n) is 1.77. The summed E-state index contributed by atoms with van der Waals surface area (Å²) in [5, 5.41) is 11.5. The highest BCUT2D eigenvalue weighted by Crippen LogP contribution is 2.12. The van der Waals surface area contributed by atoms with Gasteiger partial charge >= 0.3 is 5.97 Å². The summed E-state index contributed by atoms with van der Waals surface area (Å²) in [5.74, 6) is -0.785. The SMILES string of the molecule is CCOC1CCC(C(=O)O)N1. The molecule has 0 radical (unpaired) electrons. The number of hydrogen-bond donors (Lipinski definition) is 2. The molecule has 4 heteroatoms. The molecule has 1 heterocycles. The van der Waals surface area contributed by atoms with Gasteiger partial charge in [0.2, 0.25) is 0 Å². The van der Waals surface area contributed by atoms with Crippen LogP contribution in [0, 0.1) is 0 Å². The van der Waals surface area contributed by atoms with Gasteiger partial charge in [-0.25, -0.2) is 0 Å². The van der Waals surface area contributed by atoms with Gasteiger partial charge in [0.1, 0.15) is 12.3 Å². The van der Waals surface area contributed by atoms with E-state index in [9.17, 15) is 4.79 Å². The lowest BCUT2D eigenvalue weighted by atomic mass is 10.2. The van der Waals surface area contributed by atoms with Crippen molar-refractivity contribution in [3.05, 3.63) is 0 Å². The largest absolute Gasteiger partial charge is 0.480 e. The van der Waals surface area contributed by atoms with Crippen LogP contribution in [0.4, 0.5) is 0 Å². The number of rotatable bonds is 3. The van der Waals surface area contributed by atoms with E-state index in [2.05, 4.69) is 5.32 Å². The van der Waals surface area contributed by atoms with Crippen LogP contribution in [0.2, 0.25) is 0 Å². The van der Waals surface area contributed by atoms with E-state index in [0.717, 1.165) is 6.42 Å². The van der Waals surface area contributed by atoms with Crippen LogP contribution >= 0.6 is 0 Å². The van der Waals surface area contributed by atoms with Crippen LogP contribution in [0.5, 0.6) is 0 Å². The van der Waals surface area contributed by atoms with E-state index in [4.69, 9.17) is 9.84 Å². The fourth-order valence-corrected chi connectivity index (χ4v) is 1.24. The fraction of sp³-hybridized carbons (Fsp3) is 0.857. The molecule has 1 saturated heterocycles. The Morgan fingerprint density at radius 3 is 2.91 bits per heavy atom. The predicted octanol–water partition coefficient (Wildman–Crippen LogP) is 0.186. The minimum absolute atomic E-state index is 0.0545. The quantitative estimate of drug-likeness (QED) is 0.617. The van der Waals surface area contributed by atoms with Crippen LogP contribution in [-0.4, -0.2) is 30.0 Å². The minimum Gasteiger partial charge on any atom is -0.480 e. The second kappa shape index (κ2) is 3.69. The van der Waals surface area contributed by atoms with Crippen molar-refractivity contribution in [1.82, 2.24) is 5.32 Å². The summed E-state index contributed by atoms with van der Waals surface area (Å²) >= 11 is 0. The Kier molecular flexibility index (Phi) is 2.84. The second-order valence-corrected chi connectivity index (χ2v) is 2.58. The molecule has 0 aliphatic carbocycles. The molecule has 2 atom stereocenters. The smallest absolute Gasteiger partial charge is 0.320 e. The molecule has 11 heavy (non-hydrogen) atoms. The van der Waals surface area contributed by atoms with Crippen LogP contribution in [-0.2, 0) is 9.53 Å². The minimum atomic E-state index is -0.785. The molecule has 1 rings (SSSR count). The van der Waals surface area contributed by atoms with E-state index < -0.39 is 12.0 Å². The summed E-state index contributed by atoms with van der Waals surface area (Å²) in [5.41, 5.74) is 0. The Hall–Kier alpha value is -0.610. The van der Waals surface area contributed by atoms with Crippen molar-refractivity contribution in [3.63, 3.8) is 0 Å². The molecule has 0 saturated carbocycles. The summed E-state index contributed by atoms with van der Waals surface area (Å²) in [4.78, 5) is 10.4. The molecule has 1 aliphatic rings. The molecule has 2 unspecified atom stereocenters. The van der Waals surface area contributed by atoms with E-state index >= 15 is 0 Å². The zero-order valence-electron chi connectivity index (χ0n) is 6.54. The molecule has 0 aromatic heterocycles. The van der Waals surface area contributed by atoms with Crippen molar-refractivity contribution in [2.24, 2.45) is 0 Å². The Labute approximate surface area is 65.5 Å². The first kappa shape index (κ1) is 8.49. The topological polar surface area (TPSA) is 58.6 Å². The maximum absolute atomic E-state index is 10.4. The van der Waals surface area contributed by atoms with Crippen LogP contribution in [0.25, 0.3) is 0 Å². The Morgan fingerprint density at radius 1 is 1.73 bits per heavy atom. The first-order valence-corrected chi connectivity index (χ1v) is 3.84. The van der Waals surface area contributed by atoms with Crippen molar-refractivity contribution in [2.45, 2.75) is 32.0 Å². The maximum Gasteiger partial charge on any atom is 0.320 e. The van der Waals surface area contributed by atoms with Crippen molar-refractivity contribution in [2.75, 3.05) is 6.61 Å². The first-order chi connectivity index (χ1) is 5.24. The van der Waals surface area contributed by atoms with Gasteiger partial charge in [0.15, 0.2) is 0 Å². The van der Waals surface area contributed by atoms with Gasteiger partial charge < -0.3 is 9.84 Å². The Balaban J connectivity index is 2.29. The van der Waals surface area contributed by atoms with Crippen LogP contribution < -0.4 is 5.32 Å². The molecule has 64 valence electrons. The number of ether oxygens (including phenoxy) is 1. The molecular weight excluding hydrogens is 146 g/mol. The highest BCUT2D eigenvalue weighted by molar-refractivity contribution is 5.73. The molecule has 0 bridgehead atoms. The average Bonchev–Trinajstić information content (AvgIpc) is 2.37. The summed E-state index contributed by atoms with van der Waals surface area (Å²) in [7, 11) is 0. The monoisotopic (exact) mass is 159 g/mol. The number of nitrogens with one attached hydrogen (secondary N) is 1. The van der Waals surface area contributed by atoms with Gasteiger partial charge in [-0.3, -0.25) is 10.1 Å². The highest BCUT2D eigenvalue weighted by Gasteiger charge is 2.28. The third kappa shape index (κ3) is 2.17. The molecule has 1 fully saturated rings. The Bertz CT molecular complexity index is 149. The van der Waals surface area contributed by atoms with E-state index in [1.807, 2.05) is 6.92 Å². The standard InChI is InChI=1S/C7H13NO3/c1-2-11-6-4-3-5(8-6)7(9)10/h5-6,8H,2-4H2,1H3,(H,9,10). The van der Waals surface area contributed by atoms with Crippen LogP contribution in [0.15, 0.2) is 0 Å². The van der Waals surface area contributed by atoms with Crippen molar-refractivity contribution < 1.29 is 14.6 Å². The van der Waals surface area contributed by atoms with Gasteiger partial charge in [0.25, 0.3) is 0 Å². The van der Waals surface area contributed by atoms with E-state index in [1.165, 1.54) is 0 Å². The molecule has 4 nitrogen and oxygen atoms in total. The van der Waals surface area contributed by atoms with Gasteiger partial charge in [0.05, 0.1) is 0 Å². The molecule has 0 spiro atoms. The van der Waals surface area contributed by atoms with Crippen molar-refractivity contribution >= 4 is 5.97 Å². The van der Waals surface area contributed by atoms with E-state index in [0.29, 0.717) is 13.0 Å². The molecular formula is C7H13NO3. The number of carboxylic acids is 1. The van der Waals surface area contributed by atoms with Gasteiger partial charge in [-0.15, -0.1) is 0 Å². The molecule has 0 aromatic carbocycles. The first-order valence-electron chi connectivity index (χ1n) is 3.84. The van der Waals surface area contributed by atoms with E-state index in [-0.39, 0.29) is 6.23 Å². The van der Waals surface area contributed by atoms with Gasteiger partial charge in [0, 0.05) is 6.61 Å².